The van der Waals surface area contributed by atoms with Crippen molar-refractivity contribution >= 4 is 11.6 Å². The zero-order valence-electron chi connectivity index (χ0n) is 11.6. The number of hydrogen-bond donors (Lipinski definition) is 2. The molecule has 1 aromatic carbocycles. The number of carbonyl (C=O) groups excluding carboxylic acids is 1. The lowest BCUT2D eigenvalue weighted by Gasteiger charge is -2.33. The molecule has 0 aromatic heterocycles. The Bertz CT molecular complexity index is 556. The first-order valence-corrected chi connectivity index (χ1v) is 6.92. The van der Waals surface area contributed by atoms with Crippen LogP contribution in [0.3, 0.4) is 0 Å². The van der Waals surface area contributed by atoms with Gasteiger partial charge in [-0.25, -0.2) is 4.39 Å². The lowest BCUT2D eigenvalue weighted by Crippen LogP contribution is -2.51. The fourth-order valence-electron chi connectivity index (χ4n) is 2.63. The second kappa shape index (κ2) is 6.17. The molecule has 0 bridgehead atoms. The molecule has 0 atom stereocenters. The third kappa shape index (κ3) is 3.75. The predicted molar refractivity (Wildman–Crippen MR) is 75.4 cm³/mol. The predicted octanol–water partition coefficient (Wildman–Crippen LogP) is 2.13. The first-order chi connectivity index (χ1) is 9.91. The highest BCUT2D eigenvalue weighted by atomic mass is 19.1. The van der Waals surface area contributed by atoms with Crippen LogP contribution in [0.4, 0.5) is 10.1 Å². The first kappa shape index (κ1) is 15.4. The number of nitro groups is 1. The third-order valence-electron chi connectivity index (χ3n) is 3.85. The number of nitro benzene ring substituents is 1. The van der Waals surface area contributed by atoms with Gasteiger partial charge in [0, 0.05) is 12.1 Å². The van der Waals surface area contributed by atoms with Crippen molar-refractivity contribution in [3.05, 3.63) is 39.7 Å². The molecule has 0 unspecified atom stereocenters. The average molecular weight is 295 g/mol. The van der Waals surface area contributed by atoms with Crippen LogP contribution in [0.1, 0.15) is 42.5 Å². The Morgan fingerprint density at radius 3 is 2.67 bits per heavy atom. The van der Waals surface area contributed by atoms with E-state index in [0.717, 1.165) is 50.3 Å². The Morgan fingerprint density at radius 2 is 2.05 bits per heavy atom. The quantitative estimate of drug-likeness (QED) is 0.656. The Labute approximate surface area is 121 Å². The van der Waals surface area contributed by atoms with Gasteiger partial charge in [0.15, 0.2) is 0 Å². The Morgan fingerprint density at radius 1 is 1.38 bits per heavy atom. The summed E-state index contributed by atoms with van der Waals surface area (Å²) in [7, 11) is 0. The van der Waals surface area contributed by atoms with E-state index in [2.05, 4.69) is 5.32 Å². The second-order valence-electron chi connectivity index (χ2n) is 5.52. The number of nitrogens with one attached hydrogen (secondary N) is 1. The minimum Gasteiger partial charge on any atom is -0.350 e. The highest BCUT2D eigenvalue weighted by Crippen LogP contribution is 2.25. The number of rotatable bonds is 4. The summed E-state index contributed by atoms with van der Waals surface area (Å²) in [4.78, 5) is 22.2. The molecule has 0 spiro atoms. The minimum absolute atomic E-state index is 0.152. The van der Waals surface area contributed by atoms with E-state index < -0.39 is 27.9 Å². The number of carbonyl (C=O) groups is 1. The van der Waals surface area contributed by atoms with E-state index in [1.54, 1.807) is 0 Å². The van der Waals surface area contributed by atoms with E-state index >= 15 is 0 Å². The van der Waals surface area contributed by atoms with Crippen molar-refractivity contribution in [2.24, 2.45) is 5.73 Å². The average Bonchev–Trinajstić information content (AvgIpc) is 2.45. The standard InChI is InChI=1S/C14H18FN3O3/c15-10-4-5-11(12(8-10)18(20)21)13(19)17-9-14(16)6-2-1-3-7-14/h4-5,8H,1-3,6-7,9,16H2,(H,17,19). The lowest BCUT2D eigenvalue weighted by atomic mass is 9.82. The van der Waals surface area contributed by atoms with Crippen molar-refractivity contribution in [3.63, 3.8) is 0 Å². The van der Waals surface area contributed by atoms with Crippen LogP contribution in [0.2, 0.25) is 0 Å². The van der Waals surface area contributed by atoms with Gasteiger partial charge in [-0.05, 0) is 25.0 Å². The van der Waals surface area contributed by atoms with E-state index in [4.69, 9.17) is 5.73 Å². The van der Waals surface area contributed by atoms with Crippen LogP contribution in [0.5, 0.6) is 0 Å². The van der Waals surface area contributed by atoms with Gasteiger partial charge in [-0.1, -0.05) is 19.3 Å². The third-order valence-corrected chi connectivity index (χ3v) is 3.85. The Kier molecular flexibility index (Phi) is 4.52. The molecule has 1 saturated carbocycles. The van der Waals surface area contributed by atoms with Crippen molar-refractivity contribution in [1.29, 1.82) is 0 Å². The number of benzene rings is 1. The molecule has 2 rings (SSSR count). The van der Waals surface area contributed by atoms with Crippen LogP contribution in [-0.2, 0) is 0 Å². The van der Waals surface area contributed by atoms with E-state index in [0.29, 0.717) is 0 Å². The van der Waals surface area contributed by atoms with Gasteiger partial charge in [0.2, 0.25) is 0 Å². The monoisotopic (exact) mass is 295 g/mol. The molecular weight excluding hydrogens is 277 g/mol. The molecule has 1 fully saturated rings. The molecule has 1 aliphatic rings. The second-order valence-corrected chi connectivity index (χ2v) is 5.52. The maximum atomic E-state index is 13.1. The normalized spacial score (nSPS) is 17.2. The molecular formula is C14H18FN3O3. The van der Waals surface area contributed by atoms with Crippen molar-refractivity contribution in [2.75, 3.05) is 6.54 Å². The smallest absolute Gasteiger partial charge is 0.285 e. The van der Waals surface area contributed by atoms with Crippen LogP contribution in [0.25, 0.3) is 0 Å². The summed E-state index contributed by atoms with van der Waals surface area (Å²) in [5.74, 6) is -1.35. The summed E-state index contributed by atoms with van der Waals surface area (Å²) in [6.07, 6.45) is 4.81. The summed E-state index contributed by atoms with van der Waals surface area (Å²) < 4.78 is 13.1. The van der Waals surface area contributed by atoms with Gasteiger partial charge < -0.3 is 11.1 Å². The molecule has 0 saturated heterocycles. The van der Waals surface area contributed by atoms with Gasteiger partial charge in [0.1, 0.15) is 11.4 Å². The van der Waals surface area contributed by atoms with Gasteiger partial charge in [0.05, 0.1) is 11.0 Å². The molecule has 0 radical (unpaired) electrons. The van der Waals surface area contributed by atoms with Crippen LogP contribution in [-0.4, -0.2) is 22.9 Å². The lowest BCUT2D eigenvalue weighted by molar-refractivity contribution is -0.385. The zero-order chi connectivity index (χ0) is 15.5. The largest absolute Gasteiger partial charge is 0.350 e. The molecule has 114 valence electrons. The molecule has 21 heavy (non-hydrogen) atoms. The van der Waals surface area contributed by atoms with Gasteiger partial charge >= 0.3 is 0 Å². The van der Waals surface area contributed by atoms with Crippen LogP contribution >= 0.6 is 0 Å². The first-order valence-electron chi connectivity index (χ1n) is 6.92. The maximum Gasteiger partial charge on any atom is 0.285 e. The van der Waals surface area contributed by atoms with E-state index in [9.17, 15) is 19.3 Å². The molecule has 1 amide bonds. The topological polar surface area (TPSA) is 98.3 Å². The van der Waals surface area contributed by atoms with Crippen molar-refractivity contribution in [2.45, 2.75) is 37.6 Å². The van der Waals surface area contributed by atoms with Gasteiger partial charge in [-0.15, -0.1) is 0 Å². The number of hydrogen-bond acceptors (Lipinski definition) is 4. The van der Waals surface area contributed by atoms with Crippen LogP contribution in [0, 0.1) is 15.9 Å². The van der Waals surface area contributed by atoms with E-state index in [1.807, 2.05) is 0 Å². The van der Waals surface area contributed by atoms with E-state index in [1.165, 1.54) is 0 Å². The molecule has 0 heterocycles. The number of halogens is 1. The van der Waals surface area contributed by atoms with Crippen LogP contribution < -0.4 is 11.1 Å². The number of nitrogens with zero attached hydrogens (tertiary/aromatic N) is 1. The van der Waals surface area contributed by atoms with Crippen LogP contribution in [0.15, 0.2) is 18.2 Å². The highest BCUT2D eigenvalue weighted by molar-refractivity contribution is 5.98. The molecule has 1 aliphatic carbocycles. The molecule has 6 nitrogen and oxygen atoms in total. The van der Waals surface area contributed by atoms with Crippen molar-refractivity contribution in [1.82, 2.24) is 5.32 Å². The fourth-order valence-corrected chi connectivity index (χ4v) is 2.63. The zero-order valence-corrected chi connectivity index (χ0v) is 11.6. The molecule has 1 aromatic rings. The number of amides is 1. The summed E-state index contributed by atoms with van der Waals surface area (Å²) in [6, 6.07) is 2.89. The summed E-state index contributed by atoms with van der Waals surface area (Å²) >= 11 is 0. The highest BCUT2D eigenvalue weighted by Gasteiger charge is 2.29. The molecule has 3 N–H and O–H groups in total. The summed E-state index contributed by atoms with van der Waals surface area (Å²) in [6.45, 7) is 0.264. The van der Waals surface area contributed by atoms with Gasteiger partial charge in [0.25, 0.3) is 11.6 Å². The Balaban J connectivity index is 2.08. The van der Waals surface area contributed by atoms with Gasteiger partial charge in [-0.2, -0.15) is 0 Å². The van der Waals surface area contributed by atoms with Crippen molar-refractivity contribution < 1.29 is 14.1 Å². The molecule has 7 heteroatoms. The fraction of sp³-hybridized carbons (Fsp3) is 0.500. The number of nitrogens with two attached hydrogens (primary N) is 1. The Hall–Kier alpha value is -2.02. The summed E-state index contributed by atoms with van der Waals surface area (Å²) in [5, 5.41) is 13.5. The summed E-state index contributed by atoms with van der Waals surface area (Å²) in [5.41, 5.74) is 5.05. The van der Waals surface area contributed by atoms with Gasteiger partial charge in [-0.3, -0.25) is 14.9 Å². The SMILES string of the molecule is NC1(CNC(=O)c2ccc(F)cc2[N+](=O)[O-])CCCCC1. The van der Waals surface area contributed by atoms with E-state index in [-0.39, 0.29) is 12.1 Å². The maximum absolute atomic E-state index is 13.1. The molecule has 0 aliphatic heterocycles. The minimum atomic E-state index is -0.767. The van der Waals surface area contributed by atoms with Crippen molar-refractivity contribution in [3.8, 4) is 0 Å².